The summed E-state index contributed by atoms with van der Waals surface area (Å²) in [4.78, 5) is 7.14. The minimum atomic E-state index is 0.266. The molecular weight excluding hydrogens is 350 g/mol. The van der Waals surface area contributed by atoms with Crippen LogP contribution in [0.2, 0.25) is 0 Å². The molecule has 0 bridgehead atoms. The number of pyridine rings is 1. The van der Waals surface area contributed by atoms with Crippen molar-refractivity contribution in [1.29, 1.82) is 0 Å². The molecule has 4 rings (SSSR count). The van der Waals surface area contributed by atoms with Crippen LogP contribution in [0.3, 0.4) is 0 Å². The average molecular weight is 377 g/mol. The topological polar surface area (TPSA) is 46.6 Å². The summed E-state index contributed by atoms with van der Waals surface area (Å²) >= 11 is 0. The van der Waals surface area contributed by atoms with E-state index in [1.54, 1.807) is 7.11 Å². The molecule has 1 atom stereocenters. The summed E-state index contributed by atoms with van der Waals surface area (Å²) in [6.45, 7) is 6.30. The molecule has 5 heteroatoms. The maximum atomic E-state index is 5.57. The Kier molecular flexibility index (Phi) is 5.74. The Bertz CT molecular complexity index is 921. The van der Waals surface area contributed by atoms with Crippen LogP contribution in [-0.4, -0.2) is 49.8 Å². The van der Waals surface area contributed by atoms with E-state index in [-0.39, 0.29) is 6.04 Å². The van der Waals surface area contributed by atoms with Crippen LogP contribution in [0.1, 0.15) is 17.3 Å². The predicted molar refractivity (Wildman–Crippen MR) is 113 cm³/mol. The highest BCUT2D eigenvalue weighted by Crippen LogP contribution is 2.27. The Morgan fingerprint density at radius 1 is 1.11 bits per heavy atom. The van der Waals surface area contributed by atoms with Gasteiger partial charge in [0.15, 0.2) is 0 Å². The maximum absolute atomic E-state index is 5.57. The van der Waals surface area contributed by atoms with Gasteiger partial charge in [-0.05, 0) is 36.8 Å². The number of anilines is 1. The van der Waals surface area contributed by atoms with Gasteiger partial charge >= 0.3 is 0 Å². The fourth-order valence-electron chi connectivity index (χ4n) is 3.83. The van der Waals surface area contributed by atoms with Crippen molar-refractivity contribution in [3.8, 4) is 5.75 Å². The average Bonchev–Trinajstić information content (AvgIpc) is 2.75. The van der Waals surface area contributed by atoms with Crippen molar-refractivity contribution in [2.24, 2.45) is 0 Å². The molecule has 3 aromatic rings. The molecule has 0 radical (unpaired) electrons. The van der Waals surface area contributed by atoms with Crippen LogP contribution in [0, 0.1) is 6.92 Å². The highest BCUT2D eigenvalue weighted by atomic mass is 16.5. The number of aromatic nitrogens is 1. The van der Waals surface area contributed by atoms with Crippen molar-refractivity contribution < 1.29 is 9.47 Å². The number of aryl methyl sites for hydroxylation is 1. The molecule has 0 saturated carbocycles. The number of rotatable bonds is 6. The molecule has 2 aromatic carbocycles. The van der Waals surface area contributed by atoms with Gasteiger partial charge in [0.2, 0.25) is 0 Å². The quantitative estimate of drug-likeness (QED) is 0.703. The molecular formula is C23H27N3O2. The fourth-order valence-corrected chi connectivity index (χ4v) is 3.83. The lowest BCUT2D eigenvalue weighted by atomic mass is 10.0. The number of fused-ring (bicyclic) bond motifs is 1. The van der Waals surface area contributed by atoms with Crippen molar-refractivity contribution in [3.05, 3.63) is 65.9 Å². The SMILES string of the molecule is COc1ccc([C@H](CNc2cc(C)nc3ccccc23)N2CCOCC2)cc1. The lowest BCUT2D eigenvalue weighted by Gasteiger charge is -2.35. The number of hydrogen-bond donors (Lipinski definition) is 1. The molecule has 1 aliphatic heterocycles. The van der Waals surface area contributed by atoms with Gasteiger partial charge in [-0.1, -0.05) is 30.3 Å². The summed E-state index contributed by atoms with van der Waals surface area (Å²) in [5.41, 5.74) is 4.46. The van der Waals surface area contributed by atoms with E-state index in [2.05, 4.69) is 51.6 Å². The zero-order valence-electron chi connectivity index (χ0n) is 16.5. The van der Waals surface area contributed by atoms with Gasteiger partial charge in [-0.25, -0.2) is 0 Å². The van der Waals surface area contributed by atoms with E-state index < -0.39 is 0 Å². The molecule has 1 N–H and O–H groups in total. The molecule has 1 aliphatic rings. The Morgan fingerprint density at radius 2 is 1.86 bits per heavy atom. The van der Waals surface area contributed by atoms with E-state index >= 15 is 0 Å². The monoisotopic (exact) mass is 377 g/mol. The fraction of sp³-hybridized carbons (Fsp3) is 0.348. The molecule has 2 heterocycles. The van der Waals surface area contributed by atoms with Gasteiger partial charge in [-0.3, -0.25) is 9.88 Å². The maximum Gasteiger partial charge on any atom is 0.118 e. The van der Waals surface area contributed by atoms with Gasteiger partial charge in [-0.15, -0.1) is 0 Å². The Hall–Kier alpha value is -2.63. The molecule has 0 unspecified atom stereocenters. The van der Waals surface area contributed by atoms with Crippen molar-refractivity contribution in [2.45, 2.75) is 13.0 Å². The third kappa shape index (κ3) is 4.11. The summed E-state index contributed by atoms with van der Waals surface area (Å²) in [6, 6.07) is 19.1. The molecule has 0 amide bonds. The van der Waals surface area contributed by atoms with Gasteiger partial charge in [0.25, 0.3) is 0 Å². The van der Waals surface area contributed by atoms with Crippen molar-refractivity contribution in [1.82, 2.24) is 9.88 Å². The summed E-state index contributed by atoms with van der Waals surface area (Å²) in [7, 11) is 1.70. The second kappa shape index (κ2) is 8.59. The zero-order valence-corrected chi connectivity index (χ0v) is 16.5. The summed E-state index contributed by atoms with van der Waals surface area (Å²) in [6.07, 6.45) is 0. The van der Waals surface area contributed by atoms with Crippen molar-refractivity contribution >= 4 is 16.6 Å². The summed E-state index contributed by atoms with van der Waals surface area (Å²) in [5.74, 6) is 0.883. The van der Waals surface area contributed by atoms with E-state index in [1.165, 1.54) is 5.56 Å². The van der Waals surface area contributed by atoms with Crippen molar-refractivity contribution in [3.63, 3.8) is 0 Å². The molecule has 1 aromatic heterocycles. The highest BCUT2D eigenvalue weighted by Gasteiger charge is 2.23. The van der Waals surface area contributed by atoms with Gasteiger partial charge in [-0.2, -0.15) is 0 Å². The summed E-state index contributed by atoms with van der Waals surface area (Å²) < 4.78 is 10.9. The third-order valence-corrected chi connectivity index (χ3v) is 5.32. The van der Waals surface area contributed by atoms with Gasteiger partial charge in [0, 0.05) is 36.4 Å². The van der Waals surface area contributed by atoms with Gasteiger partial charge in [0.1, 0.15) is 5.75 Å². The van der Waals surface area contributed by atoms with E-state index in [9.17, 15) is 0 Å². The predicted octanol–water partition coefficient (Wildman–Crippen LogP) is 4.04. The normalized spacial score (nSPS) is 16.1. The number of para-hydroxylation sites is 1. The van der Waals surface area contributed by atoms with Crippen LogP contribution in [0.4, 0.5) is 5.69 Å². The van der Waals surface area contributed by atoms with Crippen LogP contribution < -0.4 is 10.1 Å². The first-order valence-electron chi connectivity index (χ1n) is 9.80. The number of morpholine rings is 1. The molecule has 146 valence electrons. The van der Waals surface area contributed by atoms with Gasteiger partial charge < -0.3 is 14.8 Å². The van der Waals surface area contributed by atoms with Crippen LogP contribution in [0.25, 0.3) is 10.9 Å². The molecule has 28 heavy (non-hydrogen) atoms. The van der Waals surface area contributed by atoms with E-state index in [0.717, 1.165) is 60.9 Å². The molecule has 0 spiro atoms. The summed E-state index contributed by atoms with van der Waals surface area (Å²) in [5, 5.41) is 4.86. The molecule has 0 aliphatic carbocycles. The zero-order chi connectivity index (χ0) is 19.3. The second-order valence-corrected chi connectivity index (χ2v) is 7.15. The second-order valence-electron chi connectivity index (χ2n) is 7.15. The van der Waals surface area contributed by atoms with Crippen LogP contribution in [0.15, 0.2) is 54.6 Å². The smallest absolute Gasteiger partial charge is 0.118 e. The third-order valence-electron chi connectivity index (χ3n) is 5.32. The largest absolute Gasteiger partial charge is 0.497 e. The lowest BCUT2D eigenvalue weighted by Crippen LogP contribution is -2.41. The van der Waals surface area contributed by atoms with Gasteiger partial charge in [0.05, 0.1) is 31.9 Å². The van der Waals surface area contributed by atoms with E-state index in [1.807, 2.05) is 25.1 Å². The number of nitrogens with zero attached hydrogens (tertiary/aromatic N) is 2. The number of nitrogens with one attached hydrogen (secondary N) is 1. The standard InChI is InChI=1S/C23H27N3O2/c1-17-15-22(20-5-3-4-6-21(20)25-17)24-16-23(26-11-13-28-14-12-26)18-7-9-19(27-2)10-8-18/h3-10,15,23H,11-14,16H2,1-2H3,(H,24,25)/t23-/m0/s1. The molecule has 5 nitrogen and oxygen atoms in total. The van der Waals surface area contributed by atoms with Crippen molar-refractivity contribution in [2.75, 3.05) is 45.3 Å². The first-order valence-corrected chi connectivity index (χ1v) is 9.80. The Morgan fingerprint density at radius 3 is 2.61 bits per heavy atom. The number of methoxy groups -OCH3 is 1. The van der Waals surface area contributed by atoms with E-state index in [4.69, 9.17) is 9.47 Å². The first kappa shape index (κ1) is 18.7. The number of hydrogen-bond acceptors (Lipinski definition) is 5. The first-order chi connectivity index (χ1) is 13.7. The molecule has 1 fully saturated rings. The van der Waals surface area contributed by atoms with Crippen LogP contribution in [0.5, 0.6) is 5.75 Å². The number of benzene rings is 2. The number of ether oxygens (including phenoxy) is 2. The Labute approximate surface area is 166 Å². The molecule has 1 saturated heterocycles. The minimum absolute atomic E-state index is 0.266. The minimum Gasteiger partial charge on any atom is -0.497 e. The van der Waals surface area contributed by atoms with E-state index in [0.29, 0.717) is 0 Å². The highest BCUT2D eigenvalue weighted by molar-refractivity contribution is 5.91. The van der Waals surface area contributed by atoms with Crippen LogP contribution in [-0.2, 0) is 4.74 Å². The lowest BCUT2D eigenvalue weighted by molar-refractivity contribution is 0.0187. The van der Waals surface area contributed by atoms with Crippen LogP contribution >= 0.6 is 0 Å². The Balaban J connectivity index is 1.60.